The molecule has 6 nitrogen and oxygen atoms in total. The van der Waals surface area contributed by atoms with Gasteiger partial charge in [0.2, 0.25) is 0 Å². The van der Waals surface area contributed by atoms with Crippen LogP contribution in [0.2, 0.25) is 0 Å². The van der Waals surface area contributed by atoms with Crippen molar-refractivity contribution in [1.82, 2.24) is 20.0 Å². The van der Waals surface area contributed by atoms with Gasteiger partial charge in [-0.3, -0.25) is 10.2 Å². The summed E-state index contributed by atoms with van der Waals surface area (Å²) in [5.74, 6) is 0.477. The van der Waals surface area contributed by atoms with Gasteiger partial charge in [-0.15, -0.1) is 5.10 Å². The molecule has 0 unspecified atom stereocenters. The molecule has 3 rings (SSSR count). The summed E-state index contributed by atoms with van der Waals surface area (Å²) in [5.41, 5.74) is 1.25. The predicted octanol–water partition coefficient (Wildman–Crippen LogP) is 3.35. The molecule has 0 aliphatic carbocycles. The molecule has 0 radical (unpaired) electrons. The Kier molecular flexibility index (Phi) is 5.80. The van der Waals surface area contributed by atoms with Crippen molar-refractivity contribution < 1.29 is 4.79 Å². The molecule has 0 bridgehead atoms. The van der Waals surface area contributed by atoms with Crippen LogP contribution >= 0.6 is 31.9 Å². The highest BCUT2D eigenvalue weighted by Crippen LogP contribution is 2.24. The van der Waals surface area contributed by atoms with Gasteiger partial charge in [0.25, 0.3) is 0 Å². The first kappa shape index (κ1) is 17.3. The molecule has 1 aliphatic rings. The van der Waals surface area contributed by atoms with E-state index in [1.165, 1.54) is 5.56 Å². The number of nitrogens with one attached hydrogen (secondary N) is 1. The quantitative estimate of drug-likeness (QED) is 0.772. The lowest BCUT2D eigenvalue weighted by Gasteiger charge is -2.34. The summed E-state index contributed by atoms with van der Waals surface area (Å²) in [5, 5.41) is 10.4. The molecule has 2 aromatic rings. The standard InChI is InChI=1S/C16H17Br2N5O/c17-13-4-3-12(10-14(13)18)11-22-6-8-23(9-7-22)16(24)20-15-2-1-5-19-21-15/h1-5,10H,6-9,11H2,(H,20,21,24). The molecule has 0 saturated carbocycles. The number of nitrogens with zero attached hydrogens (tertiary/aromatic N) is 4. The molecule has 2 amide bonds. The van der Waals surface area contributed by atoms with Gasteiger partial charge in [0.1, 0.15) is 0 Å². The molecule has 8 heteroatoms. The molecule has 0 atom stereocenters. The van der Waals surface area contributed by atoms with E-state index in [1.54, 1.807) is 18.3 Å². The van der Waals surface area contributed by atoms with Crippen molar-refractivity contribution in [2.45, 2.75) is 6.54 Å². The monoisotopic (exact) mass is 453 g/mol. The Hall–Kier alpha value is -1.51. The number of rotatable bonds is 3. The summed E-state index contributed by atoms with van der Waals surface area (Å²) in [4.78, 5) is 16.4. The third kappa shape index (κ3) is 4.52. The second-order valence-corrected chi connectivity index (χ2v) is 7.26. The largest absolute Gasteiger partial charge is 0.323 e. The molecule has 0 spiro atoms. The lowest BCUT2D eigenvalue weighted by atomic mass is 10.2. The molecule has 1 fully saturated rings. The number of hydrogen-bond acceptors (Lipinski definition) is 4. The zero-order valence-corrected chi connectivity index (χ0v) is 16.1. The van der Waals surface area contributed by atoms with E-state index in [9.17, 15) is 4.79 Å². The van der Waals surface area contributed by atoms with E-state index in [-0.39, 0.29) is 6.03 Å². The Morgan fingerprint density at radius 2 is 1.92 bits per heavy atom. The lowest BCUT2D eigenvalue weighted by Crippen LogP contribution is -2.49. The minimum atomic E-state index is -0.124. The van der Waals surface area contributed by atoms with Crippen LogP contribution in [0.1, 0.15) is 5.56 Å². The third-order valence-corrected chi connectivity index (χ3v) is 5.74. The number of anilines is 1. The van der Waals surface area contributed by atoms with Crippen LogP contribution in [0.15, 0.2) is 45.5 Å². The van der Waals surface area contributed by atoms with Crippen LogP contribution in [0, 0.1) is 0 Å². The normalized spacial score (nSPS) is 15.3. The molecule has 2 heterocycles. The van der Waals surface area contributed by atoms with Gasteiger partial charge in [-0.1, -0.05) is 6.07 Å². The first-order valence-electron chi connectivity index (χ1n) is 7.62. The lowest BCUT2D eigenvalue weighted by molar-refractivity contribution is 0.143. The summed E-state index contributed by atoms with van der Waals surface area (Å²) in [6.07, 6.45) is 1.58. The Bertz CT molecular complexity index is 705. The van der Waals surface area contributed by atoms with Crippen LogP contribution in [0.4, 0.5) is 10.6 Å². The van der Waals surface area contributed by atoms with E-state index >= 15 is 0 Å². The van der Waals surface area contributed by atoms with Crippen LogP contribution in [-0.2, 0) is 6.54 Å². The minimum absolute atomic E-state index is 0.124. The van der Waals surface area contributed by atoms with E-state index in [0.29, 0.717) is 18.9 Å². The zero-order chi connectivity index (χ0) is 16.9. The number of aromatic nitrogens is 2. The minimum Gasteiger partial charge on any atom is -0.322 e. The maximum Gasteiger partial charge on any atom is 0.323 e. The van der Waals surface area contributed by atoms with Crippen LogP contribution in [0.3, 0.4) is 0 Å². The van der Waals surface area contributed by atoms with Gasteiger partial charge in [-0.25, -0.2) is 4.79 Å². The average Bonchev–Trinajstić information content (AvgIpc) is 2.60. The Morgan fingerprint density at radius 1 is 1.12 bits per heavy atom. The van der Waals surface area contributed by atoms with Crippen LogP contribution in [0.5, 0.6) is 0 Å². The number of hydrogen-bond donors (Lipinski definition) is 1. The first-order valence-corrected chi connectivity index (χ1v) is 9.20. The number of carbonyl (C=O) groups is 1. The number of carbonyl (C=O) groups excluding carboxylic acids is 1. The van der Waals surface area contributed by atoms with Crippen LogP contribution < -0.4 is 5.32 Å². The maximum atomic E-state index is 12.2. The second-order valence-electron chi connectivity index (χ2n) is 5.55. The van der Waals surface area contributed by atoms with Gasteiger partial charge in [0, 0.05) is 47.9 Å². The highest BCUT2D eigenvalue weighted by molar-refractivity contribution is 9.13. The number of urea groups is 1. The molecule has 24 heavy (non-hydrogen) atoms. The third-order valence-electron chi connectivity index (χ3n) is 3.86. The van der Waals surface area contributed by atoms with Crippen molar-refractivity contribution in [2.24, 2.45) is 0 Å². The average molecular weight is 455 g/mol. The summed E-state index contributed by atoms with van der Waals surface area (Å²) < 4.78 is 2.11. The van der Waals surface area contributed by atoms with Crippen molar-refractivity contribution in [3.8, 4) is 0 Å². The number of piperazine rings is 1. The van der Waals surface area contributed by atoms with E-state index in [4.69, 9.17) is 0 Å². The van der Waals surface area contributed by atoms with E-state index in [2.05, 4.69) is 64.4 Å². The number of amides is 2. The van der Waals surface area contributed by atoms with Gasteiger partial charge in [-0.05, 0) is 61.7 Å². The maximum absolute atomic E-state index is 12.2. The van der Waals surface area contributed by atoms with E-state index in [0.717, 1.165) is 28.6 Å². The zero-order valence-electron chi connectivity index (χ0n) is 13.0. The second kappa shape index (κ2) is 8.04. The predicted molar refractivity (Wildman–Crippen MR) is 99.7 cm³/mol. The Balaban J connectivity index is 1.50. The number of halogens is 2. The number of benzene rings is 1. The first-order chi connectivity index (χ1) is 11.6. The Labute approximate surface area is 157 Å². The highest BCUT2D eigenvalue weighted by Gasteiger charge is 2.21. The summed E-state index contributed by atoms with van der Waals surface area (Å²) in [6, 6.07) is 9.63. The SMILES string of the molecule is O=C(Nc1cccnn1)N1CCN(Cc2ccc(Br)c(Br)c2)CC1. The molecule has 126 valence electrons. The van der Waals surface area contributed by atoms with Crippen molar-refractivity contribution in [3.63, 3.8) is 0 Å². The van der Waals surface area contributed by atoms with Crippen molar-refractivity contribution in [3.05, 3.63) is 51.0 Å². The van der Waals surface area contributed by atoms with Crippen molar-refractivity contribution in [1.29, 1.82) is 0 Å². The van der Waals surface area contributed by atoms with Crippen LogP contribution in [0.25, 0.3) is 0 Å². The fourth-order valence-corrected chi connectivity index (χ4v) is 3.23. The molecule has 1 saturated heterocycles. The smallest absolute Gasteiger partial charge is 0.322 e. The molecule has 1 aliphatic heterocycles. The summed E-state index contributed by atoms with van der Waals surface area (Å²) in [6.45, 7) is 3.97. The van der Waals surface area contributed by atoms with Gasteiger partial charge >= 0.3 is 6.03 Å². The van der Waals surface area contributed by atoms with E-state index < -0.39 is 0 Å². The van der Waals surface area contributed by atoms with Gasteiger partial charge in [0.15, 0.2) is 5.82 Å². The van der Waals surface area contributed by atoms with Crippen molar-refractivity contribution >= 4 is 43.7 Å². The molecular weight excluding hydrogens is 438 g/mol. The summed E-state index contributed by atoms with van der Waals surface area (Å²) >= 11 is 7.02. The topological polar surface area (TPSA) is 61.4 Å². The fourth-order valence-electron chi connectivity index (χ4n) is 2.56. The Morgan fingerprint density at radius 3 is 2.58 bits per heavy atom. The van der Waals surface area contributed by atoms with Crippen molar-refractivity contribution in [2.75, 3.05) is 31.5 Å². The van der Waals surface area contributed by atoms with Gasteiger partial charge in [-0.2, -0.15) is 5.10 Å². The molecule has 1 aromatic carbocycles. The summed E-state index contributed by atoms with van der Waals surface area (Å²) in [7, 11) is 0. The van der Waals surface area contributed by atoms with E-state index in [1.807, 2.05) is 11.0 Å². The van der Waals surface area contributed by atoms with Crippen LogP contribution in [-0.4, -0.2) is 52.2 Å². The molecule has 1 aromatic heterocycles. The highest BCUT2D eigenvalue weighted by atomic mass is 79.9. The molecule has 1 N–H and O–H groups in total. The van der Waals surface area contributed by atoms with Gasteiger partial charge < -0.3 is 4.90 Å². The fraction of sp³-hybridized carbons (Fsp3) is 0.312. The molecular formula is C16H17Br2N5O. The van der Waals surface area contributed by atoms with Gasteiger partial charge in [0.05, 0.1) is 0 Å².